The van der Waals surface area contributed by atoms with Crippen LogP contribution in [0.4, 0.5) is 5.69 Å². The summed E-state index contributed by atoms with van der Waals surface area (Å²) in [4.78, 5) is 24.4. The molecular formula is C20H22N2O3. The molecule has 25 heavy (non-hydrogen) atoms. The Balaban J connectivity index is 1.53. The molecule has 1 atom stereocenters. The van der Waals surface area contributed by atoms with E-state index in [1.165, 1.54) is 5.56 Å². The third-order valence-corrected chi connectivity index (χ3v) is 4.16. The minimum Gasteiger partial charge on any atom is -0.368 e. The summed E-state index contributed by atoms with van der Waals surface area (Å²) in [6.07, 6.45) is 2.04. The van der Waals surface area contributed by atoms with Gasteiger partial charge in [0.15, 0.2) is 0 Å². The van der Waals surface area contributed by atoms with Crippen LogP contribution in [0, 0.1) is 0 Å². The van der Waals surface area contributed by atoms with Crippen molar-refractivity contribution in [1.82, 2.24) is 5.32 Å². The Kier molecular flexibility index (Phi) is 5.80. The predicted octanol–water partition coefficient (Wildman–Crippen LogP) is 2.78. The number of amides is 2. The topological polar surface area (TPSA) is 67.4 Å². The van der Waals surface area contributed by atoms with Gasteiger partial charge in [-0.25, -0.2) is 0 Å². The third kappa shape index (κ3) is 4.90. The van der Waals surface area contributed by atoms with E-state index in [0.29, 0.717) is 24.4 Å². The normalized spacial score (nSPS) is 16.4. The molecule has 0 bridgehead atoms. The van der Waals surface area contributed by atoms with E-state index in [0.717, 1.165) is 19.3 Å². The van der Waals surface area contributed by atoms with Crippen molar-refractivity contribution in [2.75, 3.05) is 18.5 Å². The van der Waals surface area contributed by atoms with Crippen LogP contribution >= 0.6 is 0 Å². The second-order valence-corrected chi connectivity index (χ2v) is 6.06. The van der Waals surface area contributed by atoms with Gasteiger partial charge < -0.3 is 15.4 Å². The maximum atomic E-state index is 12.3. The van der Waals surface area contributed by atoms with Gasteiger partial charge in [-0.05, 0) is 43.0 Å². The van der Waals surface area contributed by atoms with Crippen LogP contribution in [0.25, 0.3) is 0 Å². The van der Waals surface area contributed by atoms with Crippen molar-refractivity contribution in [3.63, 3.8) is 0 Å². The zero-order valence-electron chi connectivity index (χ0n) is 14.0. The lowest BCUT2D eigenvalue weighted by Crippen LogP contribution is -2.28. The monoisotopic (exact) mass is 338 g/mol. The molecule has 130 valence electrons. The van der Waals surface area contributed by atoms with Gasteiger partial charge in [0.05, 0.1) is 0 Å². The number of anilines is 1. The molecule has 1 aliphatic heterocycles. The van der Waals surface area contributed by atoms with Gasteiger partial charge in [0.2, 0.25) is 0 Å². The summed E-state index contributed by atoms with van der Waals surface area (Å²) < 4.78 is 5.37. The summed E-state index contributed by atoms with van der Waals surface area (Å²) in [5.41, 5.74) is 2.31. The molecule has 2 aromatic carbocycles. The van der Waals surface area contributed by atoms with E-state index in [9.17, 15) is 9.59 Å². The van der Waals surface area contributed by atoms with E-state index in [1.807, 2.05) is 30.3 Å². The van der Waals surface area contributed by atoms with Crippen molar-refractivity contribution < 1.29 is 14.3 Å². The summed E-state index contributed by atoms with van der Waals surface area (Å²) in [5.74, 6) is -0.303. The molecule has 0 radical (unpaired) electrons. The van der Waals surface area contributed by atoms with E-state index in [2.05, 4.69) is 10.6 Å². The molecule has 0 saturated carbocycles. The molecule has 1 aliphatic rings. The van der Waals surface area contributed by atoms with Crippen LogP contribution in [0.15, 0.2) is 54.6 Å². The van der Waals surface area contributed by atoms with Crippen LogP contribution < -0.4 is 10.6 Å². The third-order valence-electron chi connectivity index (χ3n) is 4.16. The van der Waals surface area contributed by atoms with Gasteiger partial charge in [-0.1, -0.05) is 36.4 Å². The van der Waals surface area contributed by atoms with E-state index < -0.39 is 0 Å². The predicted molar refractivity (Wildman–Crippen MR) is 96.5 cm³/mol. The molecule has 2 N–H and O–H groups in total. The van der Waals surface area contributed by atoms with Crippen molar-refractivity contribution in [2.24, 2.45) is 0 Å². The van der Waals surface area contributed by atoms with E-state index in [1.54, 1.807) is 24.3 Å². The zero-order chi connectivity index (χ0) is 17.5. The number of hydrogen-bond donors (Lipinski definition) is 2. The molecule has 2 aromatic rings. The van der Waals surface area contributed by atoms with Crippen molar-refractivity contribution in [2.45, 2.75) is 25.4 Å². The molecule has 1 heterocycles. The first-order valence-corrected chi connectivity index (χ1v) is 8.57. The number of carbonyl (C=O) groups is 2. The fraction of sp³-hybridized carbons (Fsp3) is 0.300. The fourth-order valence-electron chi connectivity index (χ4n) is 2.81. The van der Waals surface area contributed by atoms with Crippen LogP contribution in [-0.2, 0) is 16.0 Å². The standard InChI is InChI=1S/C20H22N2O3/c23-19(21-12-11-15-6-2-1-3-7-15)16-8-4-9-17(14-16)22-20(24)18-10-5-13-25-18/h1-4,6-9,14,18H,5,10-13H2,(H,21,23)(H,22,24)/t18-/m1/s1. The highest BCUT2D eigenvalue weighted by atomic mass is 16.5. The van der Waals surface area contributed by atoms with Crippen LogP contribution in [0.3, 0.4) is 0 Å². The second-order valence-electron chi connectivity index (χ2n) is 6.06. The Morgan fingerprint density at radius 2 is 1.92 bits per heavy atom. The zero-order valence-corrected chi connectivity index (χ0v) is 14.0. The molecule has 0 aliphatic carbocycles. The van der Waals surface area contributed by atoms with Crippen molar-refractivity contribution in [1.29, 1.82) is 0 Å². The lowest BCUT2D eigenvalue weighted by Gasteiger charge is -2.11. The SMILES string of the molecule is O=C(NCCc1ccccc1)c1cccc(NC(=O)[C@H]2CCCO2)c1. The number of nitrogens with one attached hydrogen (secondary N) is 2. The number of benzene rings is 2. The van der Waals surface area contributed by atoms with E-state index in [4.69, 9.17) is 4.74 Å². The quantitative estimate of drug-likeness (QED) is 0.851. The van der Waals surface area contributed by atoms with Crippen LogP contribution in [0.5, 0.6) is 0 Å². The second kappa shape index (κ2) is 8.44. The average molecular weight is 338 g/mol. The molecule has 0 aromatic heterocycles. The van der Waals surface area contributed by atoms with Gasteiger partial charge in [-0.3, -0.25) is 9.59 Å². The number of rotatable bonds is 6. The summed E-state index contributed by atoms with van der Waals surface area (Å²) in [5, 5.41) is 5.72. The average Bonchev–Trinajstić information content (AvgIpc) is 3.18. The largest absolute Gasteiger partial charge is 0.368 e. The van der Waals surface area contributed by atoms with Crippen molar-refractivity contribution >= 4 is 17.5 Å². The first-order chi connectivity index (χ1) is 12.2. The Morgan fingerprint density at radius 3 is 2.68 bits per heavy atom. The molecule has 2 amide bonds. The highest BCUT2D eigenvalue weighted by molar-refractivity contribution is 5.98. The Hall–Kier alpha value is -2.66. The van der Waals surface area contributed by atoms with Gasteiger partial charge >= 0.3 is 0 Å². The molecule has 0 spiro atoms. The fourth-order valence-corrected chi connectivity index (χ4v) is 2.81. The van der Waals surface area contributed by atoms with Crippen molar-refractivity contribution in [3.8, 4) is 0 Å². The molecule has 5 heteroatoms. The molecule has 1 saturated heterocycles. The Morgan fingerprint density at radius 1 is 1.08 bits per heavy atom. The van der Waals surface area contributed by atoms with Gasteiger partial charge in [0.25, 0.3) is 11.8 Å². The summed E-state index contributed by atoms with van der Waals surface area (Å²) in [6, 6.07) is 17.0. The Labute approximate surface area is 147 Å². The highest BCUT2D eigenvalue weighted by Gasteiger charge is 2.23. The summed E-state index contributed by atoms with van der Waals surface area (Å²) >= 11 is 0. The summed E-state index contributed by atoms with van der Waals surface area (Å²) in [6.45, 7) is 1.19. The van der Waals surface area contributed by atoms with Crippen LogP contribution in [0.2, 0.25) is 0 Å². The number of ether oxygens (including phenoxy) is 1. The van der Waals surface area contributed by atoms with E-state index in [-0.39, 0.29) is 17.9 Å². The molecule has 3 rings (SSSR count). The minimum absolute atomic E-state index is 0.149. The maximum absolute atomic E-state index is 12.3. The van der Waals surface area contributed by atoms with Gasteiger partial charge in [0, 0.05) is 24.4 Å². The summed E-state index contributed by atoms with van der Waals surface area (Å²) in [7, 11) is 0. The van der Waals surface area contributed by atoms with Crippen LogP contribution in [0.1, 0.15) is 28.8 Å². The molecular weight excluding hydrogens is 316 g/mol. The first-order valence-electron chi connectivity index (χ1n) is 8.57. The molecule has 0 unspecified atom stereocenters. The number of carbonyl (C=O) groups excluding carboxylic acids is 2. The van der Waals surface area contributed by atoms with Gasteiger partial charge in [-0.15, -0.1) is 0 Å². The van der Waals surface area contributed by atoms with Crippen molar-refractivity contribution in [3.05, 3.63) is 65.7 Å². The first kappa shape index (κ1) is 17.2. The maximum Gasteiger partial charge on any atom is 0.253 e. The highest BCUT2D eigenvalue weighted by Crippen LogP contribution is 2.16. The Bertz CT molecular complexity index is 725. The number of hydrogen-bond acceptors (Lipinski definition) is 3. The molecule has 5 nitrogen and oxygen atoms in total. The van der Waals surface area contributed by atoms with Crippen LogP contribution in [-0.4, -0.2) is 31.1 Å². The smallest absolute Gasteiger partial charge is 0.253 e. The van der Waals surface area contributed by atoms with Gasteiger partial charge in [0.1, 0.15) is 6.10 Å². The van der Waals surface area contributed by atoms with Gasteiger partial charge in [-0.2, -0.15) is 0 Å². The lowest BCUT2D eigenvalue weighted by atomic mass is 10.1. The molecule has 1 fully saturated rings. The lowest BCUT2D eigenvalue weighted by molar-refractivity contribution is -0.124. The van der Waals surface area contributed by atoms with E-state index >= 15 is 0 Å². The minimum atomic E-state index is -0.386.